The maximum absolute atomic E-state index is 14.5. The molecule has 11 heteroatoms. The van der Waals surface area contributed by atoms with Gasteiger partial charge in [0.05, 0.1) is 17.0 Å². The van der Waals surface area contributed by atoms with Gasteiger partial charge in [-0.05, 0) is 60.8 Å². The van der Waals surface area contributed by atoms with Gasteiger partial charge in [0.15, 0.2) is 15.5 Å². The van der Waals surface area contributed by atoms with Gasteiger partial charge in [0, 0.05) is 24.3 Å². The third-order valence-corrected chi connectivity index (χ3v) is 9.45. The number of rotatable bonds is 7. The zero-order valence-corrected chi connectivity index (χ0v) is 22.2. The van der Waals surface area contributed by atoms with Gasteiger partial charge < -0.3 is 9.32 Å². The number of amides is 1. The minimum Gasteiger partial charge on any atom is -0.447 e. The molecule has 2 fully saturated rings. The first kappa shape index (κ1) is 25.1. The summed E-state index contributed by atoms with van der Waals surface area (Å²) in [5.74, 6) is -1.98. The number of halogens is 2. The molecule has 2 atom stereocenters. The Morgan fingerprint density at radius 2 is 1.87 bits per heavy atom. The average Bonchev–Trinajstić information content (AvgIpc) is 3.48. The fourth-order valence-electron chi connectivity index (χ4n) is 6.53. The Bertz CT molecular complexity index is 1550. The maximum atomic E-state index is 14.5. The number of hydrogen-bond acceptors (Lipinski definition) is 7. The zero-order chi connectivity index (χ0) is 27.0. The molecule has 2 aromatic heterocycles. The summed E-state index contributed by atoms with van der Waals surface area (Å²) in [6, 6.07) is 5.53. The molecule has 0 N–H and O–H groups in total. The number of benzene rings is 1. The first-order chi connectivity index (χ1) is 17.9. The molecule has 2 bridgehead atoms. The highest BCUT2D eigenvalue weighted by atomic mass is 32.2. The summed E-state index contributed by atoms with van der Waals surface area (Å²) in [4.78, 5) is 19.6. The molecule has 1 amide bonds. The van der Waals surface area contributed by atoms with E-state index in [0.29, 0.717) is 6.54 Å². The van der Waals surface area contributed by atoms with Crippen molar-refractivity contribution in [3.05, 3.63) is 65.0 Å². The average molecular weight is 543 g/mol. The molecule has 8 nitrogen and oxygen atoms in total. The monoisotopic (exact) mass is 542 g/mol. The third-order valence-electron chi connectivity index (χ3n) is 8.68. The van der Waals surface area contributed by atoms with Crippen molar-refractivity contribution in [2.75, 3.05) is 12.8 Å². The molecular weight excluding hydrogens is 514 g/mol. The van der Waals surface area contributed by atoms with E-state index in [-0.39, 0.29) is 51.9 Å². The molecule has 0 spiro atoms. The molecule has 0 unspecified atom stereocenters. The van der Waals surface area contributed by atoms with Crippen molar-refractivity contribution in [1.82, 2.24) is 20.1 Å². The topological polar surface area (TPSA) is 106 Å². The van der Waals surface area contributed by atoms with Gasteiger partial charge in [0.25, 0.3) is 5.91 Å². The summed E-state index contributed by atoms with van der Waals surface area (Å²) in [5, 5.41) is 8.82. The van der Waals surface area contributed by atoms with Gasteiger partial charge in [-0.15, -0.1) is 0 Å². The van der Waals surface area contributed by atoms with E-state index in [1.165, 1.54) is 24.5 Å². The molecule has 3 aromatic rings. The second kappa shape index (κ2) is 8.39. The Morgan fingerprint density at radius 1 is 1.16 bits per heavy atom. The van der Waals surface area contributed by atoms with Gasteiger partial charge in [-0.2, -0.15) is 10.2 Å². The molecule has 38 heavy (non-hydrogen) atoms. The second-order valence-electron chi connectivity index (χ2n) is 11.4. The van der Waals surface area contributed by atoms with Gasteiger partial charge in [0.2, 0.25) is 5.89 Å². The molecule has 3 aliphatic carbocycles. The zero-order valence-electron chi connectivity index (χ0n) is 21.4. The Hall–Kier alpha value is -3.21. The third kappa shape index (κ3) is 3.85. The lowest BCUT2D eigenvalue weighted by molar-refractivity contribution is 0.0615. The van der Waals surface area contributed by atoms with Crippen LogP contribution >= 0.6 is 0 Å². The first-order valence-electron chi connectivity index (χ1n) is 12.7. The highest BCUT2D eigenvalue weighted by Crippen LogP contribution is 2.67. The van der Waals surface area contributed by atoms with Crippen LogP contribution < -0.4 is 0 Å². The lowest BCUT2D eigenvalue weighted by atomic mass is 9.68. The molecule has 3 aliphatic rings. The van der Waals surface area contributed by atoms with E-state index in [1.54, 1.807) is 6.07 Å². The highest BCUT2D eigenvalue weighted by molar-refractivity contribution is 7.89. The predicted molar refractivity (Wildman–Crippen MR) is 134 cm³/mol. The van der Waals surface area contributed by atoms with Crippen molar-refractivity contribution >= 4 is 15.7 Å². The van der Waals surface area contributed by atoms with E-state index in [2.05, 4.69) is 29.0 Å². The summed E-state index contributed by atoms with van der Waals surface area (Å²) in [6.07, 6.45) is 5.69. The number of fused-ring (bicyclic) bond motifs is 5. The normalized spacial score (nSPS) is 23.4. The number of carbonyl (C=O) groups excluding carboxylic acids is 1. The van der Waals surface area contributed by atoms with Crippen molar-refractivity contribution < 1.29 is 26.4 Å². The van der Waals surface area contributed by atoms with Crippen LogP contribution in [0.15, 0.2) is 34.9 Å². The van der Waals surface area contributed by atoms with Gasteiger partial charge in [-0.25, -0.2) is 22.2 Å². The maximum Gasteiger partial charge on any atom is 0.276 e. The van der Waals surface area contributed by atoms with Crippen LogP contribution in [0, 0.1) is 17.0 Å². The Morgan fingerprint density at radius 3 is 2.53 bits per heavy atom. The standard InChI is InChI=1S/C27H28F2N4O4S/c1-26(2)17-9-10-27(26,24-16(17)11-20(31-32-24)23-18(28)5-4-6-19(23)29)14-33(15-7-8-15)25(34)21-12-37-22(30-21)13-38(3,35)36/h4-6,11-12,15,17H,7-10,13-14H2,1-3H3/t17-,27-/m0/s1. The number of sulfone groups is 1. The summed E-state index contributed by atoms with van der Waals surface area (Å²) >= 11 is 0. The lowest BCUT2D eigenvalue weighted by Crippen LogP contribution is -2.49. The van der Waals surface area contributed by atoms with Gasteiger partial charge in [0.1, 0.15) is 23.7 Å². The van der Waals surface area contributed by atoms with Crippen molar-refractivity contribution in [1.29, 1.82) is 0 Å². The molecular formula is C27H28F2N4O4S. The van der Waals surface area contributed by atoms with Crippen molar-refractivity contribution in [3.63, 3.8) is 0 Å². The van der Waals surface area contributed by atoms with E-state index in [0.717, 1.165) is 43.2 Å². The van der Waals surface area contributed by atoms with E-state index in [1.807, 2.05) is 4.90 Å². The Balaban J connectivity index is 1.36. The first-order valence-corrected chi connectivity index (χ1v) is 14.7. The second-order valence-corrected chi connectivity index (χ2v) is 13.5. The SMILES string of the molecule is CC1(C)[C@H]2CC[C@]1(CN(C(=O)c1coc(CS(C)(=O)=O)n1)C1CC1)c1nnc(-c3c(F)cccc3F)cc12. The van der Waals surface area contributed by atoms with Crippen LogP contribution in [0.5, 0.6) is 0 Å². The van der Waals surface area contributed by atoms with E-state index < -0.39 is 26.9 Å². The van der Waals surface area contributed by atoms with Gasteiger partial charge in [-0.3, -0.25) is 4.79 Å². The van der Waals surface area contributed by atoms with Crippen LogP contribution in [-0.2, 0) is 21.0 Å². The minimum absolute atomic E-state index is 0.0176. The summed E-state index contributed by atoms with van der Waals surface area (Å²) in [5.41, 5.74) is 0.967. The van der Waals surface area contributed by atoms with Crippen LogP contribution in [0.1, 0.15) is 73.1 Å². The minimum atomic E-state index is -3.36. The van der Waals surface area contributed by atoms with Gasteiger partial charge >= 0.3 is 0 Å². The summed E-state index contributed by atoms with van der Waals surface area (Å²) < 4.78 is 57.6. The fraction of sp³-hybridized carbons (Fsp3) is 0.481. The van der Waals surface area contributed by atoms with E-state index >= 15 is 0 Å². The summed E-state index contributed by atoms with van der Waals surface area (Å²) in [7, 11) is -3.36. The molecule has 200 valence electrons. The Kier molecular flexibility index (Phi) is 5.54. The highest BCUT2D eigenvalue weighted by Gasteiger charge is 2.64. The van der Waals surface area contributed by atoms with Crippen LogP contribution in [-0.4, -0.2) is 53.2 Å². The molecule has 1 aromatic carbocycles. The predicted octanol–water partition coefficient (Wildman–Crippen LogP) is 4.41. The van der Waals surface area contributed by atoms with Crippen molar-refractivity contribution in [2.24, 2.45) is 5.41 Å². The van der Waals surface area contributed by atoms with Crippen molar-refractivity contribution in [2.45, 2.75) is 62.7 Å². The van der Waals surface area contributed by atoms with E-state index in [4.69, 9.17) is 4.42 Å². The molecule has 2 heterocycles. The van der Waals surface area contributed by atoms with Crippen molar-refractivity contribution in [3.8, 4) is 11.3 Å². The molecule has 2 saturated carbocycles. The molecule has 0 aliphatic heterocycles. The lowest BCUT2D eigenvalue weighted by Gasteiger charge is -2.41. The van der Waals surface area contributed by atoms with Gasteiger partial charge in [-0.1, -0.05) is 19.9 Å². The largest absolute Gasteiger partial charge is 0.447 e. The fourth-order valence-corrected chi connectivity index (χ4v) is 7.11. The number of nitrogens with zero attached hydrogens (tertiary/aromatic N) is 4. The Labute approximate surface area is 219 Å². The molecule has 0 saturated heterocycles. The number of aromatic nitrogens is 3. The number of oxazole rings is 1. The molecule has 0 radical (unpaired) electrons. The smallest absolute Gasteiger partial charge is 0.276 e. The summed E-state index contributed by atoms with van der Waals surface area (Å²) in [6.45, 7) is 4.71. The quantitative estimate of drug-likeness (QED) is 0.435. The van der Waals surface area contributed by atoms with Crippen LogP contribution in [0.4, 0.5) is 8.78 Å². The van der Waals surface area contributed by atoms with Crippen LogP contribution in [0.25, 0.3) is 11.3 Å². The van der Waals surface area contributed by atoms with Crippen LogP contribution in [0.2, 0.25) is 0 Å². The number of hydrogen-bond donors (Lipinski definition) is 0. The number of carbonyl (C=O) groups is 1. The van der Waals surface area contributed by atoms with Crippen LogP contribution in [0.3, 0.4) is 0 Å². The van der Waals surface area contributed by atoms with E-state index in [9.17, 15) is 22.0 Å². The molecule has 6 rings (SSSR count).